The Morgan fingerprint density at radius 2 is 1.77 bits per heavy atom. The third-order valence-electron chi connectivity index (χ3n) is 3.42. The largest absolute Gasteiger partial charge is 0.378 e. The molecular weight excluding hydrogens is 276 g/mol. The second-order valence-electron chi connectivity index (χ2n) is 5.18. The first kappa shape index (κ1) is 14.0. The number of para-hydroxylation sites is 1. The van der Waals surface area contributed by atoms with Gasteiger partial charge in [0.15, 0.2) is 5.71 Å². The summed E-state index contributed by atoms with van der Waals surface area (Å²) in [5.74, 6) is -0.221. The fourth-order valence-corrected chi connectivity index (χ4v) is 2.21. The van der Waals surface area contributed by atoms with Crippen LogP contribution in [0, 0.1) is 0 Å². The van der Waals surface area contributed by atoms with Gasteiger partial charge in [-0.2, -0.15) is 5.10 Å². The van der Waals surface area contributed by atoms with Gasteiger partial charge < -0.3 is 10.2 Å². The molecule has 1 aliphatic rings. The predicted molar refractivity (Wildman–Crippen MR) is 90.0 cm³/mol. The molecule has 0 bridgehead atoms. The van der Waals surface area contributed by atoms with Crippen LogP contribution in [0.3, 0.4) is 0 Å². The topological polar surface area (TPSA) is 57.1 Å². The van der Waals surface area contributed by atoms with Crippen molar-refractivity contribution in [2.24, 2.45) is 10.2 Å². The molecule has 0 spiro atoms. The molecule has 0 radical (unpaired) electrons. The fraction of sp³-hybridized carbons (Fsp3) is 0.118. The van der Waals surface area contributed by atoms with E-state index < -0.39 is 0 Å². The minimum Gasteiger partial charge on any atom is -0.378 e. The van der Waals surface area contributed by atoms with E-state index in [4.69, 9.17) is 0 Å². The lowest BCUT2D eigenvalue weighted by atomic mass is 10.1. The molecule has 0 fully saturated rings. The molecule has 0 saturated carbocycles. The number of rotatable bonds is 3. The van der Waals surface area contributed by atoms with Crippen molar-refractivity contribution in [2.75, 3.05) is 24.3 Å². The van der Waals surface area contributed by atoms with E-state index in [0.717, 1.165) is 22.5 Å². The Morgan fingerprint density at radius 1 is 1.05 bits per heavy atom. The molecule has 1 heterocycles. The molecule has 0 atom stereocenters. The number of anilines is 2. The van der Waals surface area contributed by atoms with Crippen LogP contribution in [0.15, 0.2) is 58.7 Å². The van der Waals surface area contributed by atoms with Gasteiger partial charge in [-0.1, -0.05) is 30.3 Å². The van der Waals surface area contributed by atoms with Gasteiger partial charge >= 0.3 is 0 Å². The molecule has 110 valence electrons. The molecule has 1 aliphatic heterocycles. The van der Waals surface area contributed by atoms with E-state index >= 15 is 0 Å². The number of carbonyl (C=O) groups excluding carboxylic acids is 1. The second kappa shape index (κ2) is 5.81. The molecule has 3 rings (SSSR count). The molecule has 22 heavy (non-hydrogen) atoms. The predicted octanol–water partition coefficient (Wildman–Crippen LogP) is 2.53. The Labute approximate surface area is 129 Å². The third kappa shape index (κ3) is 2.74. The Balaban J connectivity index is 1.80. The van der Waals surface area contributed by atoms with Crippen LogP contribution in [-0.2, 0) is 4.79 Å². The van der Waals surface area contributed by atoms with Gasteiger partial charge in [-0.05, 0) is 23.8 Å². The SMILES string of the molecule is CN(C)c1ccc(/C=N\N=C2\C(=O)Nc3ccccc32)cc1. The van der Waals surface area contributed by atoms with E-state index in [0.29, 0.717) is 5.71 Å². The smallest absolute Gasteiger partial charge is 0.276 e. The summed E-state index contributed by atoms with van der Waals surface area (Å²) >= 11 is 0. The summed E-state index contributed by atoms with van der Waals surface area (Å²) in [6, 6.07) is 15.4. The molecule has 0 aromatic heterocycles. The van der Waals surface area contributed by atoms with Gasteiger partial charge in [0.1, 0.15) is 0 Å². The van der Waals surface area contributed by atoms with Crippen molar-refractivity contribution < 1.29 is 4.79 Å². The van der Waals surface area contributed by atoms with Crippen LogP contribution in [0.5, 0.6) is 0 Å². The molecule has 0 saturated heterocycles. The molecule has 0 unspecified atom stereocenters. The number of hydrogen-bond acceptors (Lipinski definition) is 4. The first-order valence-electron chi connectivity index (χ1n) is 6.94. The average Bonchev–Trinajstić information content (AvgIpc) is 2.84. The maximum atomic E-state index is 11.9. The highest BCUT2D eigenvalue weighted by Crippen LogP contribution is 2.22. The quantitative estimate of drug-likeness (QED) is 0.698. The summed E-state index contributed by atoms with van der Waals surface area (Å²) in [7, 11) is 3.98. The van der Waals surface area contributed by atoms with E-state index in [9.17, 15) is 4.79 Å². The summed E-state index contributed by atoms with van der Waals surface area (Å²) in [6.07, 6.45) is 1.64. The maximum absolute atomic E-state index is 11.9. The number of nitrogens with one attached hydrogen (secondary N) is 1. The van der Waals surface area contributed by atoms with Crippen LogP contribution in [0.2, 0.25) is 0 Å². The zero-order valence-electron chi connectivity index (χ0n) is 12.4. The van der Waals surface area contributed by atoms with E-state index in [-0.39, 0.29) is 5.91 Å². The van der Waals surface area contributed by atoms with Crippen LogP contribution in [0.25, 0.3) is 0 Å². The molecule has 1 N–H and O–H groups in total. The Kier molecular flexibility index (Phi) is 3.70. The minimum atomic E-state index is -0.221. The van der Waals surface area contributed by atoms with Gasteiger partial charge in [0.05, 0.1) is 11.9 Å². The van der Waals surface area contributed by atoms with Gasteiger partial charge in [-0.3, -0.25) is 4.79 Å². The van der Waals surface area contributed by atoms with Crippen molar-refractivity contribution in [1.82, 2.24) is 0 Å². The highest BCUT2D eigenvalue weighted by Gasteiger charge is 2.25. The molecule has 0 aliphatic carbocycles. The molecule has 1 amide bonds. The molecule has 2 aromatic carbocycles. The van der Waals surface area contributed by atoms with Gasteiger partial charge in [0.25, 0.3) is 5.91 Å². The molecular formula is C17H16N4O. The van der Waals surface area contributed by atoms with Crippen LogP contribution >= 0.6 is 0 Å². The standard InChI is InChI=1S/C17H16N4O/c1-21(2)13-9-7-12(8-10-13)11-18-20-16-14-5-3-4-6-15(14)19-17(16)22/h3-11H,1-2H3,(H,19,20,22)/b18-11-. The summed E-state index contributed by atoms with van der Waals surface area (Å²) in [4.78, 5) is 13.9. The van der Waals surface area contributed by atoms with Crippen molar-refractivity contribution in [3.63, 3.8) is 0 Å². The van der Waals surface area contributed by atoms with Crippen molar-refractivity contribution in [3.8, 4) is 0 Å². The van der Waals surface area contributed by atoms with E-state index in [1.54, 1.807) is 6.21 Å². The second-order valence-corrected chi connectivity index (χ2v) is 5.18. The third-order valence-corrected chi connectivity index (χ3v) is 3.42. The van der Waals surface area contributed by atoms with Crippen LogP contribution in [0.4, 0.5) is 11.4 Å². The monoisotopic (exact) mass is 292 g/mol. The number of carbonyl (C=O) groups is 1. The lowest BCUT2D eigenvalue weighted by Gasteiger charge is -2.11. The van der Waals surface area contributed by atoms with Gasteiger partial charge in [-0.25, -0.2) is 0 Å². The van der Waals surface area contributed by atoms with Gasteiger partial charge in [-0.15, -0.1) is 5.10 Å². The van der Waals surface area contributed by atoms with E-state index in [2.05, 4.69) is 15.5 Å². The Bertz CT molecular complexity index is 760. The van der Waals surface area contributed by atoms with Crippen LogP contribution in [-0.4, -0.2) is 31.9 Å². The van der Waals surface area contributed by atoms with Gasteiger partial charge in [0, 0.05) is 25.3 Å². The maximum Gasteiger partial charge on any atom is 0.276 e. The average molecular weight is 292 g/mol. The van der Waals surface area contributed by atoms with Crippen molar-refractivity contribution in [2.45, 2.75) is 0 Å². The molecule has 5 nitrogen and oxygen atoms in total. The highest BCUT2D eigenvalue weighted by molar-refractivity contribution is 6.53. The molecule has 2 aromatic rings. The van der Waals surface area contributed by atoms with Crippen molar-refractivity contribution in [3.05, 3.63) is 59.7 Å². The van der Waals surface area contributed by atoms with Crippen molar-refractivity contribution >= 4 is 29.2 Å². The minimum absolute atomic E-state index is 0.221. The van der Waals surface area contributed by atoms with Gasteiger partial charge in [0.2, 0.25) is 0 Å². The first-order valence-corrected chi connectivity index (χ1v) is 6.94. The summed E-state index contributed by atoms with van der Waals surface area (Å²) in [6.45, 7) is 0. The normalized spacial score (nSPS) is 15.2. The fourth-order valence-electron chi connectivity index (χ4n) is 2.21. The van der Waals surface area contributed by atoms with E-state index in [1.807, 2.05) is 67.5 Å². The lowest BCUT2D eigenvalue weighted by molar-refractivity contribution is -0.110. The summed E-state index contributed by atoms with van der Waals surface area (Å²) < 4.78 is 0. The first-order chi connectivity index (χ1) is 10.6. The number of nitrogens with zero attached hydrogens (tertiary/aromatic N) is 3. The number of fused-ring (bicyclic) bond motifs is 1. The van der Waals surface area contributed by atoms with E-state index in [1.165, 1.54) is 0 Å². The zero-order chi connectivity index (χ0) is 15.5. The number of hydrogen-bond donors (Lipinski definition) is 1. The molecule has 5 heteroatoms. The number of benzene rings is 2. The van der Waals surface area contributed by atoms with Crippen LogP contribution in [0.1, 0.15) is 11.1 Å². The lowest BCUT2D eigenvalue weighted by Crippen LogP contribution is -2.13. The summed E-state index contributed by atoms with van der Waals surface area (Å²) in [5.41, 5.74) is 3.95. The summed E-state index contributed by atoms with van der Waals surface area (Å²) in [5, 5.41) is 10.9. The Hall–Kier alpha value is -2.95. The zero-order valence-corrected chi connectivity index (χ0v) is 12.4. The Morgan fingerprint density at radius 3 is 2.50 bits per heavy atom. The van der Waals surface area contributed by atoms with Crippen LogP contribution < -0.4 is 10.2 Å². The number of amides is 1. The highest BCUT2D eigenvalue weighted by atomic mass is 16.2. The van der Waals surface area contributed by atoms with Crippen molar-refractivity contribution in [1.29, 1.82) is 0 Å².